The zero-order valence-corrected chi connectivity index (χ0v) is 14.1. The average molecular weight is 350 g/mol. The molecule has 2 N–H and O–H groups in total. The van der Waals surface area contributed by atoms with Gasteiger partial charge in [0, 0.05) is 30.8 Å². The Kier molecular flexibility index (Phi) is 6.43. The predicted molar refractivity (Wildman–Crippen MR) is 94.8 cm³/mol. The van der Waals surface area contributed by atoms with E-state index in [4.69, 9.17) is 11.6 Å². The van der Waals surface area contributed by atoms with Gasteiger partial charge >= 0.3 is 0 Å². The number of carbonyl (C=O) groups is 2. The first kappa shape index (κ1) is 17.3. The molecule has 2 aromatic rings. The van der Waals surface area contributed by atoms with Crippen LogP contribution in [0.15, 0.2) is 42.7 Å². The van der Waals surface area contributed by atoms with Gasteiger partial charge in [-0.3, -0.25) is 14.6 Å². The summed E-state index contributed by atoms with van der Waals surface area (Å²) >= 11 is 7.49. The van der Waals surface area contributed by atoms with Gasteiger partial charge < -0.3 is 10.6 Å². The number of hydrogen-bond acceptors (Lipinski definition) is 4. The van der Waals surface area contributed by atoms with Gasteiger partial charge in [0.1, 0.15) is 0 Å². The van der Waals surface area contributed by atoms with E-state index in [9.17, 15) is 9.59 Å². The summed E-state index contributed by atoms with van der Waals surface area (Å²) in [6.07, 6.45) is 3.50. The molecule has 0 atom stereocenters. The molecular weight excluding hydrogens is 334 g/mol. The van der Waals surface area contributed by atoms with Crippen LogP contribution < -0.4 is 10.6 Å². The minimum Gasteiger partial charge on any atom is -0.325 e. The Bertz CT molecular complexity index is 695. The van der Waals surface area contributed by atoms with Crippen LogP contribution in [0.25, 0.3) is 0 Å². The van der Waals surface area contributed by atoms with Gasteiger partial charge in [-0.25, -0.2) is 0 Å². The van der Waals surface area contributed by atoms with E-state index in [0.717, 1.165) is 11.3 Å². The zero-order chi connectivity index (χ0) is 16.7. The lowest BCUT2D eigenvalue weighted by atomic mass is 10.2. The standard InChI is InChI=1S/C16H16ClN3O2S/c1-11(21)19-15-7-13(4-5-14(15)17)20-16(22)10-23-9-12-3-2-6-18-8-12/h2-8H,9-10H2,1H3,(H,19,21)(H,20,22). The van der Waals surface area contributed by atoms with E-state index in [2.05, 4.69) is 15.6 Å². The van der Waals surface area contributed by atoms with Crippen LogP contribution in [0.4, 0.5) is 11.4 Å². The number of carbonyl (C=O) groups excluding carboxylic acids is 2. The highest BCUT2D eigenvalue weighted by molar-refractivity contribution is 7.99. The number of aromatic nitrogens is 1. The molecule has 0 unspecified atom stereocenters. The summed E-state index contributed by atoms with van der Waals surface area (Å²) in [6.45, 7) is 1.40. The number of nitrogens with zero attached hydrogens (tertiary/aromatic N) is 1. The molecule has 7 heteroatoms. The lowest BCUT2D eigenvalue weighted by Gasteiger charge is -2.09. The number of benzene rings is 1. The molecular formula is C16H16ClN3O2S. The molecule has 1 aromatic heterocycles. The van der Waals surface area contributed by atoms with E-state index >= 15 is 0 Å². The van der Waals surface area contributed by atoms with E-state index in [-0.39, 0.29) is 11.8 Å². The lowest BCUT2D eigenvalue weighted by Crippen LogP contribution is -2.14. The summed E-state index contributed by atoms with van der Waals surface area (Å²) in [4.78, 5) is 27.1. The molecule has 0 aliphatic carbocycles. The number of hydrogen-bond donors (Lipinski definition) is 2. The fourth-order valence-electron chi connectivity index (χ4n) is 1.83. The van der Waals surface area contributed by atoms with Crippen molar-refractivity contribution in [2.75, 3.05) is 16.4 Å². The van der Waals surface area contributed by atoms with Crippen LogP contribution in [0, 0.1) is 0 Å². The molecule has 0 bridgehead atoms. The van der Waals surface area contributed by atoms with Crippen molar-refractivity contribution in [1.82, 2.24) is 4.98 Å². The monoisotopic (exact) mass is 349 g/mol. The summed E-state index contributed by atoms with van der Waals surface area (Å²) in [5, 5.41) is 5.82. The van der Waals surface area contributed by atoms with Crippen LogP contribution in [-0.4, -0.2) is 22.6 Å². The highest BCUT2D eigenvalue weighted by Gasteiger charge is 2.07. The Hall–Kier alpha value is -2.05. The molecule has 0 spiro atoms. The van der Waals surface area contributed by atoms with E-state index in [1.54, 1.807) is 30.6 Å². The predicted octanol–water partition coefficient (Wildman–Crippen LogP) is 3.57. The van der Waals surface area contributed by atoms with Crippen molar-refractivity contribution in [2.24, 2.45) is 0 Å². The minimum atomic E-state index is -0.220. The number of halogens is 1. The first-order valence-electron chi connectivity index (χ1n) is 6.88. The van der Waals surface area contributed by atoms with Gasteiger partial charge in [-0.2, -0.15) is 0 Å². The normalized spacial score (nSPS) is 10.2. The van der Waals surface area contributed by atoms with Crippen LogP contribution in [0.2, 0.25) is 5.02 Å². The third kappa shape index (κ3) is 5.92. The van der Waals surface area contributed by atoms with Gasteiger partial charge in [0.15, 0.2) is 0 Å². The molecule has 0 aliphatic heterocycles. The van der Waals surface area contributed by atoms with Gasteiger partial charge in [0.05, 0.1) is 16.5 Å². The van der Waals surface area contributed by atoms with Crippen LogP contribution in [-0.2, 0) is 15.3 Å². The van der Waals surface area contributed by atoms with Crippen LogP contribution in [0.1, 0.15) is 12.5 Å². The number of anilines is 2. The fourth-order valence-corrected chi connectivity index (χ4v) is 2.76. The maximum Gasteiger partial charge on any atom is 0.234 e. The Balaban J connectivity index is 1.86. The molecule has 0 saturated carbocycles. The Morgan fingerprint density at radius 2 is 2.09 bits per heavy atom. The highest BCUT2D eigenvalue weighted by atomic mass is 35.5. The first-order valence-corrected chi connectivity index (χ1v) is 8.41. The SMILES string of the molecule is CC(=O)Nc1cc(NC(=O)CSCc2cccnc2)ccc1Cl. The molecule has 2 amide bonds. The Morgan fingerprint density at radius 3 is 2.78 bits per heavy atom. The summed E-state index contributed by atoms with van der Waals surface area (Å²) < 4.78 is 0. The molecule has 0 aliphatic rings. The van der Waals surface area contributed by atoms with E-state index in [1.165, 1.54) is 18.7 Å². The second kappa shape index (κ2) is 8.55. The highest BCUT2D eigenvalue weighted by Crippen LogP contribution is 2.25. The molecule has 5 nitrogen and oxygen atoms in total. The maximum atomic E-state index is 12.0. The van der Waals surface area contributed by atoms with Gasteiger partial charge in [-0.15, -0.1) is 11.8 Å². The van der Waals surface area contributed by atoms with Crippen molar-refractivity contribution in [3.8, 4) is 0 Å². The number of thioether (sulfide) groups is 1. The lowest BCUT2D eigenvalue weighted by molar-refractivity contribution is -0.114. The van der Waals surface area contributed by atoms with Crippen molar-refractivity contribution in [3.05, 3.63) is 53.3 Å². The van der Waals surface area contributed by atoms with Gasteiger partial charge in [-0.1, -0.05) is 17.7 Å². The quantitative estimate of drug-likeness (QED) is 0.836. The molecule has 0 fully saturated rings. The van der Waals surface area contributed by atoms with Gasteiger partial charge in [0.25, 0.3) is 0 Å². The first-order chi connectivity index (χ1) is 11.0. The van der Waals surface area contributed by atoms with Crippen LogP contribution in [0.3, 0.4) is 0 Å². The Labute approximate surface area is 143 Å². The fraction of sp³-hybridized carbons (Fsp3) is 0.188. The van der Waals surface area contributed by atoms with E-state index < -0.39 is 0 Å². The summed E-state index contributed by atoms with van der Waals surface area (Å²) in [5.41, 5.74) is 2.13. The largest absolute Gasteiger partial charge is 0.325 e. The molecule has 1 heterocycles. The number of amides is 2. The second-order valence-electron chi connectivity index (χ2n) is 4.78. The minimum absolute atomic E-state index is 0.116. The summed E-state index contributed by atoms with van der Waals surface area (Å²) in [5.74, 6) is 0.712. The maximum absolute atomic E-state index is 12.0. The van der Waals surface area contributed by atoms with E-state index in [1.807, 2.05) is 12.1 Å². The number of pyridine rings is 1. The molecule has 0 radical (unpaired) electrons. The third-order valence-corrected chi connectivity index (χ3v) is 4.12. The smallest absolute Gasteiger partial charge is 0.234 e. The molecule has 1 aromatic carbocycles. The molecule has 120 valence electrons. The topological polar surface area (TPSA) is 71.1 Å². The van der Waals surface area contributed by atoms with Crippen LogP contribution in [0.5, 0.6) is 0 Å². The molecule has 23 heavy (non-hydrogen) atoms. The van der Waals surface area contributed by atoms with E-state index in [0.29, 0.717) is 22.2 Å². The third-order valence-electron chi connectivity index (χ3n) is 2.79. The van der Waals surface area contributed by atoms with Crippen molar-refractivity contribution in [1.29, 1.82) is 0 Å². The summed E-state index contributed by atoms with van der Waals surface area (Å²) in [6, 6.07) is 8.79. The zero-order valence-electron chi connectivity index (χ0n) is 12.5. The Morgan fingerprint density at radius 1 is 1.26 bits per heavy atom. The van der Waals surface area contributed by atoms with Gasteiger partial charge in [-0.05, 0) is 29.8 Å². The van der Waals surface area contributed by atoms with Crippen molar-refractivity contribution in [2.45, 2.75) is 12.7 Å². The number of nitrogens with one attached hydrogen (secondary N) is 2. The number of rotatable bonds is 6. The van der Waals surface area contributed by atoms with Crippen LogP contribution >= 0.6 is 23.4 Å². The van der Waals surface area contributed by atoms with Gasteiger partial charge in [0.2, 0.25) is 11.8 Å². The van der Waals surface area contributed by atoms with Crippen molar-refractivity contribution < 1.29 is 9.59 Å². The molecule has 0 saturated heterocycles. The summed E-state index contributed by atoms with van der Waals surface area (Å²) in [7, 11) is 0. The van der Waals surface area contributed by atoms with Crippen molar-refractivity contribution >= 4 is 46.6 Å². The molecule has 2 rings (SSSR count). The average Bonchev–Trinajstić information content (AvgIpc) is 2.51. The van der Waals surface area contributed by atoms with Crippen molar-refractivity contribution in [3.63, 3.8) is 0 Å². The second-order valence-corrected chi connectivity index (χ2v) is 6.17.